The van der Waals surface area contributed by atoms with Gasteiger partial charge < -0.3 is 23.6 Å². The van der Waals surface area contributed by atoms with Crippen LogP contribution in [0.4, 0.5) is 0 Å². The normalized spacial score (nSPS) is 11.7. The second kappa shape index (κ2) is 10.1. The molecule has 7 heteroatoms. The average molecular weight is 422 g/mol. The van der Waals surface area contributed by atoms with Gasteiger partial charge in [0.25, 0.3) is 0 Å². The Bertz CT molecular complexity index is 845. The largest absolute Gasteiger partial charge is 0.508 e. The quantitative estimate of drug-likeness (QED) is 0.439. The zero-order valence-electron chi connectivity index (χ0n) is 18.0. The molecule has 2 rings (SSSR count). The summed E-state index contributed by atoms with van der Waals surface area (Å²) in [7, 11) is -3.28. The van der Waals surface area contributed by atoms with Crippen LogP contribution >= 0.6 is 7.60 Å². The van der Waals surface area contributed by atoms with Crippen LogP contribution in [-0.4, -0.2) is 24.7 Å². The Balaban J connectivity index is 2.19. The van der Waals surface area contributed by atoms with Crippen molar-refractivity contribution in [1.29, 1.82) is 0 Å². The lowest BCUT2D eigenvalue weighted by molar-refractivity contribution is 0.197. The highest BCUT2D eigenvalue weighted by Crippen LogP contribution is 2.48. The summed E-state index contributed by atoms with van der Waals surface area (Å²) < 4.78 is 34.9. The van der Waals surface area contributed by atoms with Crippen LogP contribution < -0.4 is 9.47 Å². The number of hydrogen-bond acceptors (Lipinski definition) is 6. The second-order valence-electron chi connectivity index (χ2n) is 7.08. The van der Waals surface area contributed by atoms with E-state index in [1.165, 1.54) is 0 Å². The van der Waals surface area contributed by atoms with Gasteiger partial charge in [0.15, 0.2) is 6.35 Å². The molecule has 0 aliphatic rings. The molecule has 1 N–H and O–H groups in total. The number of phenolic OH excluding ortho intramolecular Hbond substituents is 1. The van der Waals surface area contributed by atoms with Crippen molar-refractivity contribution < 1.29 is 28.2 Å². The van der Waals surface area contributed by atoms with Crippen molar-refractivity contribution in [2.75, 3.05) is 19.6 Å². The van der Waals surface area contributed by atoms with Crippen LogP contribution in [0, 0.1) is 13.8 Å². The van der Waals surface area contributed by atoms with Crippen molar-refractivity contribution in [1.82, 2.24) is 0 Å². The lowest BCUT2D eigenvalue weighted by Gasteiger charge is -2.19. The summed E-state index contributed by atoms with van der Waals surface area (Å²) in [6.45, 7) is 12.0. The van der Waals surface area contributed by atoms with E-state index in [9.17, 15) is 9.67 Å². The molecule has 0 aliphatic carbocycles. The SMILES string of the molecule is CCOP(=O)(COc1cc(C)c(Oc2ccc(O)c(C(C)C)c2)c(C)c1)OCC. The Hall–Kier alpha value is -2.01. The third-order valence-corrected chi connectivity index (χ3v) is 6.06. The first-order valence-electron chi connectivity index (χ1n) is 9.82. The summed E-state index contributed by atoms with van der Waals surface area (Å²) in [5.41, 5.74) is 2.59. The fourth-order valence-corrected chi connectivity index (χ4v) is 4.31. The first-order valence-corrected chi connectivity index (χ1v) is 11.5. The number of ether oxygens (including phenoxy) is 2. The molecule has 2 aromatic rings. The van der Waals surface area contributed by atoms with Gasteiger partial charge in [0, 0.05) is 5.56 Å². The number of rotatable bonds is 10. The summed E-state index contributed by atoms with van der Waals surface area (Å²) in [5, 5.41) is 10.0. The minimum Gasteiger partial charge on any atom is -0.508 e. The maximum Gasteiger partial charge on any atom is 0.367 e. The first kappa shape index (κ1) is 23.3. The molecule has 2 aromatic carbocycles. The zero-order chi connectivity index (χ0) is 21.6. The number of benzene rings is 2. The molecule has 0 amide bonds. The van der Waals surface area contributed by atoms with E-state index >= 15 is 0 Å². The van der Waals surface area contributed by atoms with Crippen molar-refractivity contribution in [2.45, 2.75) is 47.5 Å². The fraction of sp³-hybridized carbons (Fsp3) is 0.455. The molecule has 0 aromatic heterocycles. The van der Waals surface area contributed by atoms with Crippen LogP contribution in [0.25, 0.3) is 0 Å². The molecule has 0 fully saturated rings. The molecule has 29 heavy (non-hydrogen) atoms. The van der Waals surface area contributed by atoms with Crippen LogP contribution in [0.3, 0.4) is 0 Å². The van der Waals surface area contributed by atoms with Crippen LogP contribution in [0.2, 0.25) is 0 Å². The third kappa shape index (κ3) is 6.23. The molecule has 6 nitrogen and oxygen atoms in total. The minimum atomic E-state index is -3.28. The van der Waals surface area contributed by atoms with E-state index in [-0.39, 0.29) is 31.2 Å². The van der Waals surface area contributed by atoms with E-state index in [2.05, 4.69) is 0 Å². The van der Waals surface area contributed by atoms with Crippen LogP contribution in [0.5, 0.6) is 23.0 Å². The molecule has 0 heterocycles. The molecule has 0 saturated heterocycles. The molecule has 0 atom stereocenters. The molecular weight excluding hydrogens is 391 g/mol. The van der Waals surface area contributed by atoms with Crippen LogP contribution in [0.15, 0.2) is 30.3 Å². The molecule has 0 unspecified atom stereocenters. The average Bonchev–Trinajstić information content (AvgIpc) is 2.64. The Morgan fingerprint density at radius 2 is 1.55 bits per heavy atom. The Labute approximate surface area is 173 Å². The van der Waals surface area contributed by atoms with Crippen molar-refractivity contribution in [2.24, 2.45) is 0 Å². The smallest absolute Gasteiger partial charge is 0.367 e. The standard InChI is InChI=1S/C22H31O6P/c1-7-26-29(24,27-8-2)14-25-19-11-16(5)22(17(6)12-19)28-18-9-10-21(23)20(13-18)15(3)4/h9-13,15,23H,7-8,14H2,1-6H3. The summed E-state index contributed by atoms with van der Waals surface area (Å²) in [6.07, 6.45) is -0.149. The highest BCUT2D eigenvalue weighted by atomic mass is 31.2. The Morgan fingerprint density at radius 1 is 0.966 bits per heavy atom. The molecule has 0 radical (unpaired) electrons. The van der Waals surface area contributed by atoms with Crippen molar-refractivity contribution in [3.8, 4) is 23.0 Å². The molecule has 0 aliphatic heterocycles. The highest BCUT2D eigenvalue weighted by molar-refractivity contribution is 7.53. The van der Waals surface area contributed by atoms with Gasteiger partial charge in [-0.1, -0.05) is 13.8 Å². The van der Waals surface area contributed by atoms with Gasteiger partial charge in [0.2, 0.25) is 0 Å². The summed E-state index contributed by atoms with van der Waals surface area (Å²) >= 11 is 0. The minimum absolute atomic E-state index is 0.149. The topological polar surface area (TPSA) is 74.2 Å². The van der Waals surface area contributed by atoms with Gasteiger partial charge in [-0.25, -0.2) is 0 Å². The van der Waals surface area contributed by atoms with E-state index in [0.717, 1.165) is 22.4 Å². The fourth-order valence-electron chi connectivity index (χ4n) is 2.99. The zero-order valence-corrected chi connectivity index (χ0v) is 18.9. The van der Waals surface area contributed by atoms with Crippen LogP contribution in [-0.2, 0) is 13.6 Å². The van der Waals surface area contributed by atoms with Crippen LogP contribution in [0.1, 0.15) is 50.3 Å². The van der Waals surface area contributed by atoms with Gasteiger partial charge in [-0.15, -0.1) is 0 Å². The maximum absolute atomic E-state index is 12.6. The third-order valence-electron chi connectivity index (χ3n) is 4.32. The molecule has 0 bridgehead atoms. The van der Waals surface area contributed by atoms with Gasteiger partial charge >= 0.3 is 7.60 Å². The molecule has 0 spiro atoms. The number of phenols is 1. The maximum atomic E-state index is 12.6. The summed E-state index contributed by atoms with van der Waals surface area (Å²) in [6, 6.07) is 8.89. The predicted octanol–water partition coefficient (Wildman–Crippen LogP) is 6.53. The van der Waals surface area contributed by atoms with Gasteiger partial charge in [-0.2, -0.15) is 0 Å². The lowest BCUT2D eigenvalue weighted by atomic mass is 10.0. The molecule has 0 saturated carbocycles. The van der Waals surface area contributed by atoms with E-state index in [1.54, 1.807) is 26.0 Å². The van der Waals surface area contributed by atoms with E-state index < -0.39 is 7.60 Å². The summed E-state index contributed by atoms with van der Waals surface area (Å²) in [5.74, 6) is 2.39. The molecular formula is C22H31O6P. The number of aryl methyl sites for hydroxylation is 2. The lowest BCUT2D eigenvalue weighted by Crippen LogP contribution is -2.06. The highest BCUT2D eigenvalue weighted by Gasteiger charge is 2.25. The molecule has 160 valence electrons. The van der Waals surface area contributed by atoms with Crippen molar-refractivity contribution in [3.05, 3.63) is 47.0 Å². The van der Waals surface area contributed by atoms with Gasteiger partial charge in [0.1, 0.15) is 23.0 Å². The summed E-state index contributed by atoms with van der Waals surface area (Å²) in [4.78, 5) is 0. The number of hydrogen-bond donors (Lipinski definition) is 1. The second-order valence-corrected chi connectivity index (χ2v) is 9.08. The van der Waals surface area contributed by atoms with E-state index in [4.69, 9.17) is 18.5 Å². The van der Waals surface area contributed by atoms with E-state index in [1.807, 2.05) is 45.9 Å². The first-order chi connectivity index (χ1) is 13.7. The van der Waals surface area contributed by atoms with Gasteiger partial charge in [0.05, 0.1) is 13.2 Å². The predicted molar refractivity (Wildman–Crippen MR) is 115 cm³/mol. The van der Waals surface area contributed by atoms with Gasteiger partial charge in [-0.3, -0.25) is 4.57 Å². The van der Waals surface area contributed by atoms with Crippen molar-refractivity contribution >= 4 is 7.60 Å². The van der Waals surface area contributed by atoms with E-state index in [0.29, 0.717) is 11.5 Å². The Kier molecular flexibility index (Phi) is 8.14. The van der Waals surface area contributed by atoms with Crippen molar-refractivity contribution in [3.63, 3.8) is 0 Å². The number of aromatic hydroxyl groups is 1. The Morgan fingerprint density at radius 3 is 2.07 bits per heavy atom. The van der Waals surface area contributed by atoms with Gasteiger partial charge in [-0.05, 0) is 75.1 Å². The monoisotopic (exact) mass is 422 g/mol.